The summed E-state index contributed by atoms with van der Waals surface area (Å²) in [4.78, 5) is 34.8. The molecule has 2 aromatic carbocycles. The van der Waals surface area contributed by atoms with Gasteiger partial charge in [0.2, 0.25) is 15.9 Å². The van der Waals surface area contributed by atoms with Gasteiger partial charge in [-0.1, -0.05) is 38.1 Å². The molecule has 154 valence electrons. The van der Waals surface area contributed by atoms with Gasteiger partial charge in [0.15, 0.2) is 5.78 Å². The van der Waals surface area contributed by atoms with Gasteiger partial charge in [0, 0.05) is 23.6 Å². The number of Topliss-reactive ketones (excluding diaryl/α,β-unsaturated/α-hetero) is 1. The number of benzene rings is 2. The van der Waals surface area contributed by atoms with E-state index in [0.29, 0.717) is 16.7 Å². The zero-order chi connectivity index (χ0) is 21.6. The highest BCUT2D eigenvalue weighted by Crippen LogP contribution is 2.12. The Morgan fingerprint density at radius 3 is 1.93 bits per heavy atom. The maximum absolute atomic E-state index is 12.4. The van der Waals surface area contributed by atoms with Crippen molar-refractivity contribution in [3.8, 4) is 0 Å². The van der Waals surface area contributed by atoms with Crippen LogP contribution in [0, 0.1) is 5.92 Å². The highest BCUT2D eigenvalue weighted by Gasteiger charge is 2.15. The van der Waals surface area contributed by atoms with Crippen LogP contribution in [0.4, 0.5) is 0 Å². The Morgan fingerprint density at radius 2 is 1.41 bits per heavy atom. The number of ketones is 1. The van der Waals surface area contributed by atoms with Crippen molar-refractivity contribution in [1.82, 2.24) is 15.6 Å². The lowest BCUT2D eigenvalue weighted by Crippen LogP contribution is -2.43. The average molecular weight is 417 g/mol. The van der Waals surface area contributed by atoms with Crippen molar-refractivity contribution in [3.63, 3.8) is 0 Å². The first kappa shape index (κ1) is 22.3. The number of hydrazine groups is 1. The number of rotatable bonds is 7. The maximum atomic E-state index is 12.4. The number of hydrogen-bond donors (Lipinski definition) is 3. The van der Waals surface area contributed by atoms with Gasteiger partial charge in [-0.05, 0) is 36.8 Å². The Bertz CT molecular complexity index is 997. The van der Waals surface area contributed by atoms with Crippen LogP contribution in [0.15, 0.2) is 53.4 Å². The van der Waals surface area contributed by atoms with Crippen molar-refractivity contribution in [2.45, 2.75) is 32.2 Å². The number of carbonyl (C=O) groups excluding carboxylic acids is 3. The van der Waals surface area contributed by atoms with Crippen LogP contribution in [0.3, 0.4) is 0 Å². The molecule has 29 heavy (non-hydrogen) atoms. The van der Waals surface area contributed by atoms with Crippen LogP contribution in [0.2, 0.25) is 0 Å². The van der Waals surface area contributed by atoms with Crippen molar-refractivity contribution >= 4 is 27.6 Å². The lowest BCUT2D eigenvalue weighted by molar-refractivity contribution is -0.124. The highest BCUT2D eigenvalue weighted by molar-refractivity contribution is 7.89. The molecule has 0 saturated carbocycles. The number of carbonyl (C=O) groups is 3. The van der Waals surface area contributed by atoms with Gasteiger partial charge in [0.05, 0.1) is 4.90 Å². The topological polar surface area (TPSA) is 121 Å². The quantitative estimate of drug-likeness (QED) is 0.468. The van der Waals surface area contributed by atoms with E-state index >= 15 is 0 Å². The van der Waals surface area contributed by atoms with E-state index in [-0.39, 0.29) is 29.0 Å². The molecule has 0 atom stereocenters. The van der Waals surface area contributed by atoms with Gasteiger partial charge in [-0.25, -0.2) is 13.1 Å². The summed E-state index contributed by atoms with van der Waals surface area (Å²) in [6.45, 7) is 4.84. The first-order chi connectivity index (χ1) is 13.6. The fraction of sp³-hybridized carbons (Fsp3) is 0.250. The Labute approximate surface area is 169 Å². The molecule has 8 nitrogen and oxygen atoms in total. The minimum absolute atomic E-state index is 0.0305. The summed E-state index contributed by atoms with van der Waals surface area (Å²) in [5, 5.41) is 0. The lowest BCUT2D eigenvalue weighted by atomic mass is 10.1. The van der Waals surface area contributed by atoms with Gasteiger partial charge in [-0.2, -0.15) is 0 Å². The largest absolute Gasteiger partial charge is 0.295 e. The van der Waals surface area contributed by atoms with Crippen LogP contribution >= 0.6 is 0 Å². The van der Waals surface area contributed by atoms with E-state index in [1.54, 1.807) is 26.0 Å². The molecular weight excluding hydrogens is 394 g/mol. The van der Waals surface area contributed by atoms with Crippen LogP contribution in [0.1, 0.15) is 47.1 Å². The Balaban J connectivity index is 1.96. The van der Waals surface area contributed by atoms with E-state index in [9.17, 15) is 22.8 Å². The van der Waals surface area contributed by atoms with Gasteiger partial charge in [0.1, 0.15) is 0 Å². The molecule has 0 aromatic heterocycles. The number of sulfonamides is 1. The van der Waals surface area contributed by atoms with E-state index in [4.69, 9.17) is 0 Å². The van der Waals surface area contributed by atoms with Crippen LogP contribution < -0.4 is 15.6 Å². The molecule has 2 rings (SSSR count). The minimum Gasteiger partial charge on any atom is -0.295 e. The van der Waals surface area contributed by atoms with Crippen molar-refractivity contribution in [2.75, 3.05) is 0 Å². The monoisotopic (exact) mass is 417 g/mol. The van der Waals surface area contributed by atoms with Crippen LogP contribution in [0.5, 0.6) is 0 Å². The first-order valence-corrected chi connectivity index (χ1v) is 10.4. The lowest BCUT2D eigenvalue weighted by Gasteiger charge is -2.10. The minimum atomic E-state index is -3.74. The molecule has 0 saturated heterocycles. The summed E-state index contributed by atoms with van der Waals surface area (Å²) in [6.07, 6.45) is 0. The predicted octanol–water partition coefficient (Wildman–Crippen LogP) is 1.78. The first-order valence-electron chi connectivity index (χ1n) is 8.90. The summed E-state index contributed by atoms with van der Waals surface area (Å²) < 4.78 is 27.2. The van der Waals surface area contributed by atoms with Gasteiger partial charge >= 0.3 is 0 Å². The molecule has 0 aliphatic carbocycles. The van der Waals surface area contributed by atoms with Crippen LogP contribution in [0.25, 0.3) is 0 Å². The fourth-order valence-corrected chi connectivity index (χ4v) is 3.26. The third kappa shape index (κ3) is 6.23. The summed E-state index contributed by atoms with van der Waals surface area (Å²) in [7, 11) is -3.74. The predicted molar refractivity (Wildman–Crippen MR) is 107 cm³/mol. The zero-order valence-electron chi connectivity index (χ0n) is 16.4. The Kier molecular flexibility index (Phi) is 7.24. The molecular formula is C20H23N3O5S. The van der Waals surface area contributed by atoms with Crippen molar-refractivity contribution in [2.24, 2.45) is 5.92 Å². The smallest absolute Gasteiger partial charge is 0.269 e. The van der Waals surface area contributed by atoms with Gasteiger partial charge in [-0.3, -0.25) is 25.2 Å². The van der Waals surface area contributed by atoms with Crippen molar-refractivity contribution < 1.29 is 22.8 Å². The molecule has 0 heterocycles. The van der Waals surface area contributed by atoms with Gasteiger partial charge in [-0.15, -0.1) is 0 Å². The second-order valence-electron chi connectivity index (χ2n) is 6.70. The zero-order valence-corrected chi connectivity index (χ0v) is 17.2. The molecule has 2 amide bonds. The van der Waals surface area contributed by atoms with Crippen LogP contribution in [-0.2, 0) is 21.4 Å². The molecule has 0 aliphatic rings. The molecule has 2 aromatic rings. The second-order valence-corrected chi connectivity index (χ2v) is 8.47. The Hall–Kier alpha value is -3.04. The van der Waals surface area contributed by atoms with E-state index in [1.165, 1.54) is 43.3 Å². The third-order valence-electron chi connectivity index (χ3n) is 4.08. The molecule has 3 N–H and O–H groups in total. The molecule has 9 heteroatoms. The SMILES string of the molecule is CC(=O)c1ccc(S(=O)(=O)NCc2ccc(C(=O)NNC(=O)C(C)C)cc2)cc1. The number of nitrogens with one attached hydrogen (secondary N) is 3. The second kappa shape index (κ2) is 9.44. The third-order valence-corrected chi connectivity index (χ3v) is 5.49. The fourth-order valence-electron chi connectivity index (χ4n) is 2.24. The molecule has 0 aliphatic heterocycles. The van der Waals surface area contributed by atoms with E-state index < -0.39 is 15.9 Å². The maximum Gasteiger partial charge on any atom is 0.269 e. The van der Waals surface area contributed by atoms with E-state index in [0.717, 1.165) is 0 Å². The summed E-state index contributed by atoms with van der Waals surface area (Å²) >= 11 is 0. The molecule has 0 unspecified atom stereocenters. The molecule has 0 fully saturated rings. The van der Waals surface area contributed by atoms with Crippen LogP contribution in [-0.4, -0.2) is 26.0 Å². The van der Waals surface area contributed by atoms with Gasteiger partial charge < -0.3 is 0 Å². The Morgan fingerprint density at radius 1 is 0.862 bits per heavy atom. The summed E-state index contributed by atoms with van der Waals surface area (Å²) in [6, 6.07) is 12.0. The van der Waals surface area contributed by atoms with Crippen molar-refractivity contribution in [1.29, 1.82) is 0 Å². The molecule has 0 spiro atoms. The van der Waals surface area contributed by atoms with E-state index in [2.05, 4.69) is 15.6 Å². The normalized spacial score (nSPS) is 11.2. The number of hydrogen-bond acceptors (Lipinski definition) is 5. The number of amides is 2. The molecule has 0 radical (unpaired) electrons. The molecule has 0 bridgehead atoms. The summed E-state index contributed by atoms with van der Waals surface area (Å²) in [5.41, 5.74) is 6.04. The van der Waals surface area contributed by atoms with Gasteiger partial charge in [0.25, 0.3) is 5.91 Å². The van der Waals surface area contributed by atoms with Crippen molar-refractivity contribution in [3.05, 3.63) is 65.2 Å². The van der Waals surface area contributed by atoms with E-state index in [1.807, 2.05) is 0 Å². The standard InChI is InChI=1S/C20H23N3O5S/c1-13(2)19(25)22-23-20(26)17-6-4-15(5-7-17)12-21-29(27,28)18-10-8-16(9-11-18)14(3)24/h4-11,13,21H,12H2,1-3H3,(H,22,25)(H,23,26). The average Bonchev–Trinajstić information content (AvgIpc) is 2.70. The highest BCUT2D eigenvalue weighted by atomic mass is 32.2. The summed E-state index contributed by atoms with van der Waals surface area (Å²) in [5.74, 6) is -1.18.